The first kappa shape index (κ1) is 17.1. The number of likely N-dealkylation sites (N-methyl/N-ethyl adjacent to an activating group) is 1. The highest BCUT2D eigenvalue weighted by molar-refractivity contribution is 5.82. The largest absolute Gasteiger partial charge is 0.336 e. The van der Waals surface area contributed by atoms with Crippen molar-refractivity contribution < 1.29 is 4.84 Å². The molecule has 0 bridgehead atoms. The van der Waals surface area contributed by atoms with Crippen LogP contribution in [0.4, 0.5) is 0 Å². The first-order valence-corrected chi connectivity index (χ1v) is 6.24. The summed E-state index contributed by atoms with van der Waals surface area (Å²) >= 11 is 0. The summed E-state index contributed by atoms with van der Waals surface area (Å²) in [6.45, 7) is 9.56. The Bertz CT molecular complexity index is 268. The second-order valence-corrected chi connectivity index (χ2v) is 4.82. The zero-order valence-corrected chi connectivity index (χ0v) is 12.6. The molecule has 0 aromatic heterocycles. The molecule has 0 rings (SSSR count). The van der Waals surface area contributed by atoms with Gasteiger partial charge in [0.25, 0.3) is 0 Å². The lowest BCUT2D eigenvalue weighted by Crippen LogP contribution is -2.43. The molecule has 0 heterocycles. The molecule has 0 aliphatic heterocycles. The van der Waals surface area contributed by atoms with Crippen LogP contribution in [0.1, 0.15) is 13.8 Å². The normalized spacial score (nSPS) is 14.7. The van der Waals surface area contributed by atoms with Crippen LogP contribution in [-0.2, 0) is 4.84 Å². The van der Waals surface area contributed by atoms with Gasteiger partial charge in [0.2, 0.25) is 0 Å². The summed E-state index contributed by atoms with van der Waals surface area (Å²) in [6, 6.07) is 0.143. The van der Waals surface area contributed by atoms with E-state index < -0.39 is 0 Å². The Morgan fingerprint density at radius 2 is 1.83 bits per heavy atom. The smallest absolute Gasteiger partial charge is 0.104 e. The summed E-state index contributed by atoms with van der Waals surface area (Å²) in [6.07, 6.45) is 1.72. The summed E-state index contributed by atoms with van der Waals surface area (Å²) in [4.78, 5) is 9.17. The second-order valence-electron chi connectivity index (χ2n) is 4.82. The Kier molecular flexibility index (Phi) is 7.82. The van der Waals surface area contributed by atoms with Crippen molar-refractivity contribution in [1.29, 1.82) is 5.41 Å². The highest BCUT2D eigenvalue weighted by Gasteiger charge is 2.23. The molecule has 2 unspecified atom stereocenters. The third-order valence-corrected chi connectivity index (χ3v) is 3.33. The molecular weight excluding hydrogens is 228 g/mol. The van der Waals surface area contributed by atoms with Gasteiger partial charge in [-0.15, -0.1) is 0 Å². The van der Waals surface area contributed by atoms with Crippen molar-refractivity contribution in [3.05, 3.63) is 12.8 Å². The molecule has 0 fully saturated rings. The van der Waals surface area contributed by atoms with Crippen molar-refractivity contribution in [3.63, 3.8) is 0 Å². The fourth-order valence-corrected chi connectivity index (χ4v) is 1.59. The van der Waals surface area contributed by atoms with Gasteiger partial charge in [-0.1, -0.05) is 13.5 Å². The Balaban J connectivity index is 4.53. The predicted octanol–water partition coefficient (Wildman–Crippen LogP) is 1.49. The van der Waals surface area contributed by atoms with Gasteiger partial charge >= 0.3 is 0 Å². The summed E-state index contributed by atoms with van der Waals surface area (Å²) in [7, 11) is 7.57. The van der Waals surface area contributed by atoms with Gasteiger partial charge < -0.3 is 14.6 Å². The molecule has 5 nitrogen and oxygen atoms in total. The van der Waals surface area contributed by atoms with E-state index >= 15 is 0 Å². The van der Waals surface area contributed by atoms with Crippen molar-refractivity contribution in [2.24, 2.45) is 5.92 Å². The third kappa shape index (κ3) is 5.16. The lowest BCUT2D eigenvalue weighted by atomic mass is 10.0. The molecule has 0 aliphatic rings. The van der Waals surface area contributed by atoms with Crippen LogP contribution in [0.2, 0.25) is 0 Å². The number of nitrogens with one attached hydrogen (secondary N) is 1. The molecule has 1 N–H and O–H groups in total. The predicted molar refractivity (Wildman–Crippen MR) is 76.6 cm³/mol. The Morgan fingerprint density at radius 1 is 1.28 bits per heavy atom. The maximum absolute atomic E-state index is 8.25. The fourth-order valence-electron chi connectivity index (χ4n) is 1.59. The lowest BCUT2D eigenvalue weighted by molar-refractivity contribution is -0.142. The maximum atomic E-state index is 8.25. The summed E-state index contributed by atoms with van der Waals surface area (Å²) in [5.41, 5.74) is 0. The van der Waals surface area contributed by atoms with Crippen LogP contribution in [0.5, 0.6) is 0 Å². The molecule has 2 atom stereocenters. The Morgan fingerprint density at radius 3 is 2.22 bits per heavy atom. The van der Waals surface area contributed by atoms with Crippen LogP contribution in [0.15, 0.2) is 12.8 Å². The molecule has 106 valence electrons. The molecule has 0 saturated heterocycles. The minimum absolute atomic E-state index is 0.0788. The van der Waals surface area contributed by atoms with E-state index in [-0.39, 0.29) is 12.0 Å². The quantitative estimate of drug-likeness (QED) is 0.406. The van der Waals surface area contributed by atoms with Gasteiger partial charge in [0.05, 0.1) is 7.11 Å². The third-order valence-electron chi connectivity index (χ3n) is 3.33. The molecule has 5 heteroatoms. The molecule has 18 heavy (non-hydrogen) atoms. The van der Waals surface area contributed by atoms with E-state index in [0.29, 0.717) is 5.84 Å². The summed E-state index contributed by atoms with van der Waals surface area (Å²) in [5.74, 6) is 0.651. The van der Waals surface area contributed by atoms with E-state index in [1.807, 2.05) is 33.0 Å². The van der Waals surface area contributed by atoms with Gasteiger partial charge in [0, 0.05) is 32.1 Å². The van der Waals surface area contributed by atoms with Crippen LogP contribution in [0.3, 0.4) is 0 Å². The second kappa shape index (κ2) is 8.24. The molecular formula is C13H28N4O. The number of hydrogen-bond donors (Lipinski definition) is 1. The van der Waals surface area contributed by atoms with E-state index in [9.17, 15) is 0 Å². The average Bonchev–Trinajstić information content (AvgIpc) is 2.35. The molecule has 0 spiro atoms. The molecule has 0 amide bonds. The molecule has 0 radical (unpaired) electrons. The lowest BCUT2D eigenvalue weighted by Gasteiger charge is -2.32. The summed E-state index contributed by atoms with van der Waals surface area (Å²) < 4.78 is 0. The molecule has 0 aliphatic carbocycles. The zero-order chi connectivity index (χ0) is 14.3. The Labute approximate surface area is 111 Å². The van der Waals surface area contributed by atoms with Crippen LogP contribution in [-0.4, -0.2) is 68.1 Å². The van der Waals surface area contributed by atoms with Gasteiger partial charge in [-0.05, 0) is 27.2 Å². The molecule has 0 aromatic rings. The standard InChI is InChI=1S/C13H28N4O/c1-8-17(10-9-15(4)5)13(14)11(2)12(3)16(6)18-7/h8,11-12,14H,1,9-10H2,2-7H3. The minimum atomic E-state index is 0.0788. The van der Waals surface area contributed by atoms with Gasteiger partial charge in [0.1, 0.15) is 5.84 Å². The first-order valence-electron chi connectivity index (χ1n) is 6.24. The fraction of sp³-hybridized carbons (Fsp3) is 0.769. The van der Waals surface area contributed by atoms with Crippen LogP contribution < -0.4 is 0 Å². The summed E-state index contributed by atoms with van der Waals surface area (Å²) in [5, 5.41) is 10.0. The van der Waals surface area contributed by atoms with Gasteiger partial charge in [-0.2, -0.15) is 5.06 Å². The van der Waals surface area contributed by atoms with Crippen molar-refractivity contribution in [2.45, 2.75) is 19.9 Å². The SMILES string of the molecule is C=CN(CCN(C)C)C(=N)C(C)C(C)N(C)OC. The zero-order valence-electron chi connectivity index (χ0n) is 12.6. The topological polar surface area (TPSA) is 42.8 Å². The van der Waals surface area contributed by atoms with Gasteiger partial charge in [-0.25, -0.2) is 0 Å². The number of hydrogen-bond acceptors (Lipinski definition) is 4. The van der Waals surface area contributed by atoms with Crippen molar-refractivity contribution in [1.82, 2.24) is 14.9 Å². The number of amidine groups is 1. The minimum Gasteiger partial charge on any atom is -0.336 e. The number of rotatable bonds is 8. The van der Waals surface area contributed by atoms with E-state index in [4.69, 9.17) is 10.2 Å². The van der Waals surface area contributed by atoms with E-state index in [1.165, 1.54) is 0 Å². The first-order chi connectivity index (χ1) is 8.34. The molecule has 0 aromatic carbocycles. The number of nitrogens with zero attached hydrogens (tertiary/aromatic N) is 3. The van der Waals surface area contributed by atoms with Gasteiger partial charge in [-0.3, -0.25) is 5.41 Å². The average molecular weight is 256 g/mol. The Hall–Kier alpha value is -0.910. The monoisotopic (exact) mass is 256 g/mol. The van der Waals surface area contributed by atoms with Crippen molar-refractivity contribution >= 4 is 5.84 Å². The number of hydroxylamine groups is 2. The van der Waals surface area contributed by atoms with Gasteiger partial charge in [0.15, 0.2) is 0 Å². The van der Waals surface area contributed by atoms with Crippen LogP contribution in [0.25, 0.3) is 0 Å². The van der Waals surface area contributed by atoms with E-state index in [1.54, 1.807) is 18.4 Å². The highest BCUT2D eigenvalue weighted by Crippen LogP contribution is 2.13. The van der Waals surface area contributed by atoms with E-state index in [0.717, 1.165) is 13.1 Å². The van der Waals surface area contributed by atoms with Crippen LogP contribution in [0, 0.1) is 11.3 Å². The van der Waals surface area contributed by atoms with Crippen molar-refractivity contribution in [2.75, 3.05) is 41.3 Å². The van der Waals surface area contributed by atoms with Crippen LogP contribution >= 0.6 is 0 Å². The maximum Gasteiger partial charge on any atom is 0.104 e. The molecule has 0 saturated carbocycles. The highest BCUT2D eigenvalue weighted by atomic mass is 16.7. The van der Waals surface area contributed by atoms with E-state index in [2.05, 4.69) is 18.4 Å². The van der Waals surface area contributed by atoms with Crippen molar-refractivity contribution in [3.8, 4) is 0 Å².